The van der Waals surface area contributed by atoms with Crippen LogP contribution in [0.2, 0.25) is 0 Å². The summed E-state index contributed by atoms with van der Waals surface area (Å²) in [4.78, 5) is 18.9. The molecule has 5 nitrogen and oxygen atoms in total. The highest BCUT2D eigenvalue weighted by Crippen LogP contribution is 2.13. The molecule has 0 saturated carbocycles. The molecule has 1 saturated heterocycles. The maximum Gasteiger partial charge on any atom is 0.271 e. The van der Waals surface area contributed by atoms with Crippen LogP contribution in [0, 0.1) is 6.92 Å². The van der Waals surface area contributed by atoms with Gasteiger partial charge in [0.05, 0.1) is 19.8 Å². The Morgan fingerprint density at radius 3 is 2.78 bits per heavy atom. The highest BCUT2D eigenvalue weighted by Gasteiger charge is 2.15. The van der Waals surface area contributed by atoms with Crippen molar-refractivity contribution < 1.29 is 9.53 Å². The van der Waals surface area contributed by atoms with Crippen LogP contribution in [-0.4, -0.2) is 42.1 Å². The molecule has 1 aliphatic rings. The van der Waals surface area contributed by atoms with E-state index in [1.165, 1.54) is 5.56 Å². The van der Waals surface area contributed by atoms with Crippen LogP contribution in [0.4, 0.5) is 0 Å². The number of aryl methyl sites for hydroxylation is 1. The second-order valence-corrected chi connectivity index (χ2v) is 6.63. The molecule has 2 aromatic rings. The third-order valence-corrected chi connectivity index (χ3v) is 4.65. The van der Waals surface area contributed by atoms with E-state index in [2.05, 4.69) is 15.2 Å². The smallest absolute Gasteiger partial charge is 0.271 e. The molecule has 122 valence electrons. The van der Waals surface area contributed by atoms with Crippen molar-refractivity contribution in [2.75, 3.05) is 26.3 Å². The van der Waals surface area contributed by atoms with Gasteiger partial charge in [0.25, 0.3) is 5.91 Å². The molecule has 1 aromatic heterocycles. The summed E-state index contributed by atoms with van der Waals surface area (Å²) in [5.41, 5.74) is 2.81. The number of morpholine rings is 1. The first-order valence-corrected chi connectivity index (χ1v) is 8.67. The first-order valence-electron chi connectivity index (χ1n) is 7.79. The van der Waals surface area contributed by atoms with E-state index in [4.69, 9.17) is 4.74 Å². The number of thiazole rings is 1. The lowest BCUT2D eigenvalue weighted by atomic mass is 10.1. The number of nitrogens with one attached hydrogen (secondary N) is 1. The fraction of sp³-hybridized carbons (Fsp3) is 0.412. The van der Waals surface area contributed by atoms with E-state index in [0.717, 1.165) is 43.4 Å². The molecule has 0 atom stereocenters. The van der Waals surface area contributed by atoms with E-state index >= 15 is 0 Å². The number of carbonyl (C=O) groups is 1. The molecule has 0 spiro atoms. The lowest BCUT2D eigenvalue weighted by molar-refractivity contribution is 0.0341. The topological polar surface area (TPSA) is 54.5 Å². The number of hydrogen-bond donors (Lipinski definition) is 1. The molecule has 6 heteroatoms. The van der Waals surface area contributed by atoms with Crippen molar-refractivity contribution in [2.24, 2.45) is 0 Å². The molecule has 0 unspecified atom stereocenters. The minimum Gasteiger partial charge on any atom is -0.379 e. The van der Waals surface area contributed by atoms with E-state index in [1.54, 1.807) is 11.3 Å². The van der Waals surface area contributed by atoms with E-state index in [1.807, 2.05) is 36.6 Å². The molecule has 1 fully saturated rings. The Hall–Kier alpha value is -1.76. The van der Waals surface area contributed by atoms with Gasteiger partial charge in [0.2, 0.25) is 0 Å². The fourth-order valence-corrected chi connectivity index (χ4v) is 3.23. The first kappa shape index (κ1) is 16.1. The van der Waals surface area contributed by atoms with Crippen molar-refractivity contribution in [3.63, 3.8) is 0 Å². The van der Waals surface area contributed by atoms with Crippen molar-refractivity contribution in [3.8, 4) is 0 Å². The van der Waals surface area contributed by atoms with E-state index < -0.39 is 0 Å². The van der Waals surface area contributed by atoms with Crippen molar-refractivity contribution in [1.82, 2.24) is 15.2 Å². The van der Waals surface area contributed by atoms with Gasteiger partial charge >= 0.3 is 0 Å². The van der Waals surface area contributed by atoms with Crippen LogP contribution >= 0.6 is 11.3 Å². The van der Waals surface area contributed by atoms with Gasteiger partial charge in [0, 0.05) is 25.0 Å². The zero-order valence-corrected chi connectivity index (χ0v) is 14.1. The molecule has 23 heavy (non-hydrogen) atoms. The second kappa shape index (κ2) is 7.68. The number of aromatic nitrogens is 1. The summed E-state index contributed by atoms with van der Waals surface area (Å²) in [7, 11) is 0. The molecule has 1 aliphatic heterocycles. The Morgan fingerprint density at radius 1 is 1.30 bits per heavy atom. The van der Waals surface area contributed by atoms with Crippen LogP contribution in [0.3, 0.4) is 0 Å². The third-order valence-electron chi connectivity index (χ3n) is 3.82. The van der Waals surface area contributed by atoms with Gasteiger partial charge in [-0.15, -0.1) is 11.3 Å². The average Bonchev–Trinajstić information content (AvgIpc) is 3.03. The van der Waals surface area contributed by atoms with Gasteiger partial charge in [-0.25, -0.2) is 4.98 Å². The Morgan fingerprint density at radius 2 is 2.04 bits per heavy atom. The molecule has 1 N–H and O–H groups in total. The summed E-state index contributed by atoms with van der Waals surface area (Å²) < 4.78 is 5.34. The monoisotopic (exact) mass is 331 g/mol. The normalized spacial score (nSPS) is 15.5. The van der Waals surface area contributed by atoms with Gasteiger partial charge in [-0.1, -0.05) is 29.8 Å². The summed E-state index contributed by atoms with van der Waals surface area (Å²) in [6.07, 6.45) is 0. The molecule has 1 amide bonds. The van der Waals surface area contributed by atoms with Crippen molar-refractivity contribution >= 4 is 17.2 Å². The fourth-order valence-electron chi connectivity index (χ4n) is 2.42. The van der Waals surface area contributed by atoms with Gasteiger partial charge < -0.3 is 10.1 Å². The summed E-state index contributed by atoms with van der Waals surface area (Å²) >= 11 is 1.54. The molecular weight excluding hydrogens is 310 g/mol. The van der Waals surface area contributed by atoms with Crippen molar-refractivity contribution in [3.05, 3.63) is 51.5 Å². The average molecular weight is 331 g/mol. The Labute approximate surface area is 140 Å². The molecule has 1 aromatic carbocycles. The van der Waals surface area contributed by atoms with E-state index in [9.17, 15) is 4.79 Å². The number of amides is 1. The van der Waals surface area contributed by atoms with Crippen molar-refractivity contribution in [1.29, 1.82) is 0 Å². The molecule has 2 heterocycles. The third kappa shape index (κ3) is 4.60. The molecule has 0 bridgehead atoms. The second-order valence-electron chi connectivity index (χ2n) is 5.68. The minimum atomic E-state index is -0.116. The summed E-state index contributed by atoms with van der Waals surface area (Å²) in [6, 6.07) is 8.15. The Kier molecular flexibility index (Phi) is 5.38. The van der Waals surface area contributed by atoms with Crippen LogP contribution in [-0.2, 0) is 17.8 Å². The lowest BCUT2D eigenvalue weighted by Crippen LogP contribution is -2.35. The van der Waals surface area contributed by atoms with Gasteiger partial charge in [0.1, 0.15) is 10.7 Å². The first-order chi connectivity index (χ1) is 11.2. The highest BCUT2D eigenvalue weighted by molar-refractivity contribution is 7.09. The Bertz CT molecular complexity index is 648. The SMILES string of the molecule is Cc1ccc(CNC(=O)c2csc(CN3CCOCC3)n2)cc1. The standard InChI is InChI=1S/C17H21N3O2S/c1-13-2-4-14(5-3-13)10-18-17(21)15-12-23-16(19-15)11-20-6-8-22-9-7-20/h2-5,12H,6-11H2,1H3,(H,18,21). The zero-order valence-electron chi connectivity index (χ0n) is 13.2. The number of rotatable bonds is 5. The summed E-state index contributed by atoms with van der Waals surface area (Å²) in [5, 5.41) is 5.74. The molecule has 0 aliphatic carbocycles. The van der Waals surface area contributed by atoms with E-state index in [0.29, 0.717) is 12.2 Å². The maximum atomic E-state index is 12.2. The molecule has 3 rings (SSSR count). The minimum absolute atomic E-state index is 0.116. The van der Waals surface area contributed by atoms with Crippen molar-refractivity contribution in [2.45, 2.75) is 20.0 Å². The van der Waals surface area contributed by atoms with Gasteiger partial charge in [-0.2, -0.15) is 0 Å². The lowest BCUT2D eigenvalue weighted by Gasteiger charge is -2.25. The number of nitrogens with zero attached hydrogens (tertiary/aromatic N) is 2. The van der Waals surface area contributed by atoms with Crippen LogP contribution in [0.5, 0.6) is 0 Å². The predicted octanol–water partition coefficient (Wildman–Crippen LogP) is 2.21. The quantitative estimate of drug-likeness (QED) is 0.913. The summed E-state index contributed by atoms with van der Waals surface area (Å²) in [5.74, 6) is -0.116. The summed E-state index contributed by atoms with van der Waals surface area (Å²) in [6.45, 7) is 6.76. The van der Waals surface area contributed by atoms with Gasteiger partial charge in [0.15, 0.2) is 0 Å². The van der Waals surface area contributed by atoms with Crippen LogP contribution in [0.1, 0.15) is 26.6 Å². The predicted molar refractivity (Wildman–Crippen MR) is 90.6 cm³/mol. The van der Waals surface area contributed by atoms with E-state index in [-0.39, 0.29) is 5.91 Å². The van der Waals surface area contributed by atoms with Gasteiger partial charge in [-0.3, -0.25) is 9.69 Å². The number of hydrogen-bond acceptors (Lipinski definition) is 5. The van der Waals surface area contributed by atoms with Gasteiger partial charge in [-0.05, 0) is 12.5 Å². The number of ether oxygens (including phenoxy) is 1. The van der Waals surface area contributed by atoms with Crippen LogP contribution < -0.4 is 5.32 Å². The maximum absolute atomic E-state index is 12.2. The highest BCUT2D eigenvalue weighted by atomic mass is 32.1. The molecule has 0 radical (unpaired) electrons. The molecular formula is C17H21N3O2S. The number of carbonyl (C=O) groups excluding carboxylic acids is 1. The van der Waals surface area contributed by atoms with Crippen LogP contribution in [0.25, 0.3) is 0 Å². The van der Waals surface area contributed by atoms with Crippen LogP contribution in [0.15, 0.2) is 29.6 Å². The largest absolute Gasteiger partial charge is 0.379 e. The Balaban J connectivity index is 1.52. The number of benzene rings is 1. The zero-order chi connectivity index (χ0) is 16.1.